The number of likely N-dealkylation sites (tertiary alicyclic amines) is 1. The molecule has 21 heavy (non-hydrogen) atoms. The third kappa shape index (κ3) is 4.70. The van der Waals surface area contributed by atoms with Gasteiger partial charge in [-0.05, 0) is 25.2 Å². The Morgan fingerprint density at radius 1 is 1.48 bits per heavy atom. The maximum absolute atomic E-state index is 4.79. The van der Waals surface area contributed by atoms with Gasteiger partial charge >= 0.3 is 0 Å². The second-order valence-corrected chi connectivity index (χ2v) is 7.35. The molecule has 0 radical (unpaired) electrons. The zero-order chi connectivity index (χ0) is 15.3. The van der Waals surface area contributed by atoms with E-state index in [0.717, 1.165) is 45.0 Å². The fourth-order valence-electron chi connectivity index (χ4n) is 2.62. The number of rotatable bonds is 5. The molecule has 2 heterocycles. The SMILES string of the molecule is CCNC(=NCCc1csc(CC)n1)N1CCC(C)(C)C1. The monoisotopic (exact) mass is 308 g/mol. The van der Waals surface area contributed by atoms with Crippen LogP contribution in [0.1, 0.15) is 44.8 Å². The van der Waals surface area contributed by atoms with E-state index in [4.69, 9.17) is 4.99 Å². The van der Waals surface area contributed by atoms with E-state index in [2.05, 4.69) is 48.3 Å². The Hall–Kier alpha value is -1.10. The average molecular weight is 308 g/mol. The first-order valence-electron chi connectivity index (χ1n) is 8.00. The van der Waals surface area contributed by atoms with Crippen LogP contribution in [0.2, 0.25) is 0 Å². The topological polar surface area (TPSA) is 40.5 Å². The van der Waals surface area contributed by atoms with E-state index < -0.39 is 0 Å². The van der Waals surface area contributed by atoms with Gasteiger partial charge in [0.15, 0.2) is 5.96 Å². The van der Waals surface area contributed by atoms with E-state index in [-0.39, 0.29) is 0 Å². The average Bonchev–Trinajstić information content (AvgIpc) is 3.04. The number of hydrogen-bond acceptors (Lipinski definition) is 3. The number of hydrogen-bond donors (Lipinski definition) is 1. The normalized spacial score (nSPS) is 18.3. The Labute approximate surface area is 132 Å². The molecule has 2 rings (SSSR count). The van der Waals surface area contributed by atoms with Crippen molar-refractivity contribution in [3.05, 3.63) is 16.1 Å². The molecule has 0 aromatic carbocycles. The first-order valence-corrected chi connectivity index (χ1v) is 8.88. The third-order valence-electron chi connectivity index (χ3n) is 3.84. The summed E-state index contributed by atoms with van der Waals surface area (Å²) in [5.74, 6) is 1.06. The maximum atomic E-state index is 4.79. The number of aromatic nitrogens is 1. The van der Waals surface area contributed by atoms with Crippen molar-refractivity contribution in [3.8, 4) is 0 Å². The highest BCUT2D eigenvalue weighted by molar-refractivity contribution is 7.09. The fraction of sp³-hybridized carbons (Fsp3) is 0.750. The minimum atomic E-state index is 0.404. The Morgan fingerprint density at radius 3 is 2.86 bits per heavy atom. The Morgan fingerprint density at radius 2 is 2.29 bits per heavy atom. The lowest BCUT2D eigenvalue weighted by atomic mass is 9.93. The highest BCUT2D eigenvalue weighted by Crippen LogP contribution is 2.28. The van der Waals surface area contributed by atoms with Crippen molar-refractivity contribution in [2.24, 2.45) is 10.4 Å². The van der Waals surface area contributed by atoms with Crippen LogP contribution in [-0.4, -0.2) is 42.0 Å². The van der Waals surface area contributed by atoms with Crippen LogP contribution >= 0.6 is 11.3 Å². The summed E-state index contributed by atoms with van der Waals surface area (Å²) in [4.78, 5) is 11.8. The predicted molar refractivity (Wildman–Crippen MR) is 91.1 cm³/mol. The number of aryl methyl sites for hydroxylation is 1. The number of guanidine groups is 1. The van der Waals surface area contributed by atoms with Crippen molar-refractivity contribution in [2.75, 3.05) is 26.2 Å². The van der Waals surface area contributed by atoms with Gasteiger partial charge in [-0.1, -0.05) is 20.8 Å². The van der Waals surface area contributed by atoms with Crippen molar-refractivity contribution in [1.82, 2.24) is 15.2 Å². The molecule has 0 spiro atoms. The van der Waals surface area contributed by atoms with Crippen LogP contribution < -0.4 is 5.32 Å². The van der Waals surface area contributed by atoms with Crippen LogP contribution in [0.3, 0.4) is 0 Å². The zero-order valence-corrected chi connectivity index (χ0v) is 14.6. The molecular formula is C16H28N4S. The predicted octanol–water partition coefficient (Wildman–Crippen LogP) is 2.95. The molecule has 1 fully saturated rings. The summed E-state index contributed by atoms with van der Waals surface area (Å²) >= 11 is 1.76. The van der Waals surface area contributed by atoms with Gasteiger partial charge in [-0.3, -0.25) is 4.99 Å². The first-order chi connectivity index (χ1) is 10.0. The first kappa shape index (κ1) is 16.3. The molecular weight excluding hydrogens is 280 g/mol. The van der Waals surface area contributed by atoms with Gasteiger partial charge in [0.05, 0.1) is 10.7 Å². The van der Waals surface area contributed by atoms with Gasteiger partial charge in [0.25, 0.3) is 0 Å². The molecule has 0 saturated carbocycles. The van der Waals surface area contributed by atoms with Crippen LogP contribution in [0.5, 0.6) is 0 Å². The molecule has 0 aliphatic carbocycles. The number of aliphatic imine (C=N–C) groups is 1. The minimum absolute atomic E-state index is 0.404. The third-order valence-corrected chi connectivity index (χ3v) is 4.89. The van der Waals surface area contributed by atoms with Crippen LogP contribution in [0, 0.1) is 5.41 Å². The largest absolute Gasteiger partial charge is 0.357 e. The quantitative estimate of drug-likeness (QED) is 0.671. The highest BCUT2D eigenvalue weighted by atomic mass is 32.1. The van der Waals surface area contributed by atoms with Crippen LogP contribution in [0.25, 0.3) is 0 Å². The Kier molecular flexibility index (Phi) is 5.62. The molecule has 1 aromatic heterocycles. The Balaban J connectivity index is 1.91. The van der Waals surface area contributed by atoms with Crippen molar-refractivity contribution in [2.45, 2.75) is 47.0 Å². The summed E-state index contributed by atoms with van der Waals surface area (Å²) in [5.41, 5.74) is 1.58. The molecule has 0 atom stereocenters. The molecule has 1 saturated heterocycles. The second-order valence-electron chi connectivity index (χ2n) is 6.41. The zero-order valence-electron chi connectivity index (χ0n) is 13.8. The van der Waals surface area contributed by atoms with Crippen molar-refractivity contribution in [3.63, 3.8) is 0 Å². The molecule has 1 aromatic rings. The number of nitrogens with one attached hydrogen (secondary N) is 1. The molecule has 1 N–H and O–H groups in total. The summed E-state index contributed by atoms with van der Waals surface area (Å²) in [6.45, 7) is 12.9. The molecule has 118 valence electrons. The molecule has 4 nitrogen and oxygen atoms in total. The molecule has 0 bridgehead atoms. The van der Waals surface area contributed by atoms with Gasteiger partial charge in [0.2, 0.25) is 0 Å². The van der Waals surface area contributed by atoms with Crippen LogP contribution in [0.15, 0.2) is 10.4 Å². The summed E-state index contributed by atoms with van der Waals surface area (Å²) in [6.07, 6.45) is 3.20. The molecule has 1 aliphatic rings. The van der Waals surface area contributed by atoms with Gasteiger partial charge in [-0.25, -0.2) is 4.98 Å². The van der Waals surface area contributed by atoms with Gasteiger partial charge in [-0.15, -0.1) is 11.3 Å². The van der Waals surface area contributed by atoms with Crippen molar-refractivity contribution < 1.29 is 0 Å². The fourth-order valence-corrected chi connectivity index (χ4v) is 3.40. The lowest BCUT2D eigenvalue weighted by molar-refractivity contribution is 0.370. The smallest absolute Gasteiger partial charge is 0.193 e. The second kappa shape index (κ2) is 7.25. The van der Waals surface area contributed by atoms with Gasteiger partial charge in [0, 0.05) is 38.0 Å². The molecule has 1 aliphatic heterocycles. The summed E-state index contributed by atoms with van der Waals surface area (Å²) in [6, 6.07) is 0. The Bertz CT molecular complexity index is 478. The summed E-state index contributed by atoms with van der Waals surface area (Å²) in [5, 5.41) is 6.81. The van der Waals surface area contributed by atoms with Gasteiger partial charge < -0.3 is 10.2 Å². The number of nitrogens with zero attached hydrogens (tertiary/aromatic N) is 3. The van der Waals surface area contributed by atoms with Gasteiger partial charge in [-0.2, -0.15) is 0 Å². The summed E-state index contributed by atoms with van der Waals surface area (Å²) in [7, 11) is 0. The maximum Gasteiger partial charge on any atom is 0.193 e. The van der Waals surface area contributed by atoms with Crippen LogP contribution in [-0.2, 0) is 12.8 Å². The van der Waals surface area contributed by atoms with Crippen molar-refractivity contribution in [1.29, 1.82) is 0 Å². The standard InChI is InChI=1S/C16H28N4S/c1-5-14-19-13(11-21-14)7-9-18-15(17-6-2)20-10-8-16(3,4)12-20/h11H,5-10,12H2,1-4H3,(H,17,18). The summed E-state index contributed by atoms with van der Waals surface area (Å²) < 4.78 is 0. The lowest BCUT2D eigenvalue weighted by Crippen LogP contribution is -2.40. The van der Waals surface area contributed by atoms with E-state index >= 15 is 0 Å². The van der Waals surface area contributed by atoms with E-state index in [1.54, 1.807) is 11.3 Å². The van der Waals surface area contributed by atoms with E-state index in [0.29, 0.717) is 5.41 Å². The van der Waals surface area contributed by atoms with E-state index in [9.17, 15) is 0 Å². The van der Waals surface area contributed by atoms with Gasteiger partial charge in [0.1, 0.15) is 0 Å². The lowest BCUT2D eigenvalue weighted by Gasteiger charge is -2.23. The van der Waals surface area contributed by atoms with E-state index in [1.807, 2.05) is 0 Å². The van der Waals surface area contributed by atoms with Crippen LogP contribution in [0.4, 0.5) is 0 Å². The highest BCUT2D eigenvalue weighted by Gasteiger charge is 2.30. The number of thiazole rings is 1. The minimum Gasteiger partial charge on any atom is -0.357 e. The molecule has 5 heteroatoms. The molecule has 0 amide bonds. The van der Waals surface area contributed by atoms with Crippen molar-refractivity contribution >= 4 is 17.3 Å². The molecule has 0 unspecified atom stereocenters. The van der Waals surface area contributed by atoms with E-state index in [1.165, 1.54) is 17.1 Å².